The summed E-state index contributed by atoms with van der Waals surface area (Å²) >= 11 is 0. The second kappa shape index (κ2) is 7.76. The molecule has 0 saturated carbocycles. The number of carbonyl (C=O) groups is 1. The summed E-state index contributed by atoms with van der Waals surface area (Å²) in [6, 6.07) is 8.84. The fourth-order valence-corrected chi connectivity index (χ4v) is 2.04. The number of halogens is 1. The zero-order valence-corrected chi connectivity index (χ0v) is 13.4. The van der Waals surface area contributed by atoms with Crippen molar-refractivity contribution >= 4 is 23.4 Å². The van der Waals surface area contributed by atoms with Crippen molar-refractivity contribution in [1.82, 2.24) is 0 Å². The second-order valence-corrected chi connectivity index (χ2v) is 4.98. The van der Waals surface area contributed by atoms with E-state index in [1.54, 1.807) is 6.07 Å². The van der Waals surface area contributed by atoms with Gasteiger partial charge >= 0.3 is 5.69 Å². The molecule has 0 aromatic heterocycles. The summed E-state index contributed by atoms with van der Waals surface area (Å²) in [6.07, 6.45) is 1.10. The molecule has 132 valence electrons. The smallest absolute Gasteiger partial charge is 0.315 e. The first-order valence-electron chi connectivity index (χ1n) is 7.09. The summed E-state index contributed by atoms with van der Waals surface area (Å²) in [5.41, 5.74) is -0.604. The van der Waals surface area contributed by atoms with Crippen molar-refractivity contribution in [2.24, 2.45) is 0 Å². The van der Waals surface area contributed by atoms with Crippen LogP contribution in [0.5, 0.6) is 11.5 Å². The molecule has 2 N–H and O–H groups in total. The molecule has 0 radical (unpaired) electrons. The molecule has 2 aromatic carbocycles. The molecule has 1 amide bonds. The summed E-state index contributed by atoms with van der Waals surface area (Å²) in [5, 5.41) is 32.3. The zero-order chi connectivity index (χ0) is 19.3. The number of rotatable bonds is 5. The second-order valence-electron chi connectivity index (χ2n) is 4.98. The van der Waals surface area contributed by atoms with E-state index in [0.717, 1.165) is 24.3 Å². The van der Waals surface area contributed by atoms with E-state index in [0.29, 0.717) is 0 Å². The van der Waals surface area contributed by atoms with Gasteiger partial charge in [-0.15, -0.1) is 0 Å². The van der Waals surface area contributed by atoms with Gasteiger partial charge in [0, 0.05) is 11.8 Å². The van der Waals surface area contributed by atoms with E-state index < -0.39 is 28.1 Å². The van der Waals surface area contributed by atoms with Crippen molar-refractivity contribution in [3.8, 4) is 17.6 Å². The number of anilines is 1. The molecule has 0 spiro atoms. The number of nitro benzene ring substituents is 1. The van der Waals surface area contributed by atoms with Gasteiger partial charge in [-0.05, 0) is 42.0 Å². The Kier molecular flexibility index (Phi) is 5.49. The van der Waals surface area contributed by atoms with Crippen molar-refractivity contribution in [2.45, 2.75) is 0 Å². The van der Waals surface area contributed by atoms with Crippen LogP contribution in [0.3, 0.4) is 0 Å². The van der Waals surface area contributed by atoms with Gasteiger partial charge in [0.15, 0.2) is 5.75 Å². The number of aromatic hydroxyl groups is 1. The van der Waals surface area contributed by atoms with Gasteiger partial charge in [0.25, 0.3) is 5.91 Å². The largest absolute Gasteiger partial charge is 0.500 e. The van der Waals surface area contributed by atoms with Gasteiger partial charge < -0.3 is 15.2 Å². The zero-order valence-electron chi connectivity index (χ0n) is 13.4. The standard InChI is InChI=1S/C17H12FN3O5/c1-26-15-8-10(7-14(16(15)22)21(24)25)6-11(9-19)17(23)20-13-4-2-12(18)3-5-13/h2-8,22H,1H3,(H,20,23)/b11-6+. The average Bonchev–Trinajstić information content (AvgIpc) is 2.62. The number of hydrogen-bond donors (Lipinski definition) is 2. The normalized spacial score (nSPS) is 10.7. The minimum atomic E-state index is -0.820. The number of nitrogens with zero attached hydrogens (tertiary/aromatic N) is 2. The molecule has 0 unspecified atom stereocenters. The molecular weight excluding hydrogens is 345 g/mol. The molecule has 0 heterocycles. The Bertz CT molecular complexity index is 933. The van der Waals surface area contributed by atoms with Crippen molar-refractivity contribution < 1.29 is 24.0 Å². The van der Waals surface area contributed by atoms with Crippen LogP contribution in [0.15, 0.2) is 42.0 Å². The van der Waals surface area contributed by atoms with Crippen molar-refractivity contribution in [1.29, 1.82) is 5.26 Å². The third-order valence-corrected chi connectivity index (χ3v) is 3.27. The third-order valence-electron chi connectivity index (χ3n) is 3.27. The number of carbonyl (C=O) groups excluding carboxylic acids is 1. The molecule has 26 heavy (non-hydrogen) atoms. The molecule has 0 aliphatic rings. The lowest BCUT2D eigenvalue weighted by Gasteiger charge is -2.07. The fraction of sp³-hybridized carbons (Fsp3) is 0.0588. The van der Waals surface area contributed by atoms with Crippen LogP contribution in [0.25, 0.3) is 6.08 Å². The Morgan fingerprint density at radius 2 is 2.04 bits per heavy atom. The average molecular weight is 357 g/mol. The van der Waals surface area contributed by atoms with E-state index in [2.05, 4.69) is 5.32 Å². The molecule has 0 aliphatic carbocycles. The lowest BCUT2D eigenvalue weighted by molar-refractivity contribution is -0.386. The summed E-state index contributed by atoms with van der Waals surface area (Å²) in [6.45, 7) is 0. The molecule has 0 atom stereocenters. The highest BCUT2D eigenvalue weighted by atomic mass is 19.1. The van der Waals surface area contributed by atoms with Gasteiger partial charge in [0.2, 0.25) is 5.75 Å². The molecule has 0 fully saturated rings. The van der Waals surface area contributed by atoms with Gasteiger partial charge in [-0.3, -0.25) is 14.9 Å². The summed E-state index contributed by atoms with van der Waals surface area (Å²) in [7, 11) is 1.21. The Hall–Kier alpha value is -3.93. The van der Waals surface area contributed by atoms with Gasteiger partial charge in [-0.2, -0.15) is 5.26 Å². The van der Waals surface area contributed by atoms with Gasteiger partial charge in [0.05, 0.1) is 12.0 Å². The number of methoxy groups -OCH3 is 1. The highest BCUT2D eigenvalue weighted by Crippen LogP contribution is 2.37. The van der Waals surface area contributed by atoms with E-state index in [1.165, 1.54) is 25.3 Å². The minimum Gasteiger partial charge on any atom is -0.500 e. The van der Waals surface area contributed by atoms with Crippen molar-refractivity contribution in [2.75, 3.05) is 12.4 Å². The molecule has 9 heteroatoms. The number of ether oxygens (including phenoxy) is 1. The molecule has 2 rings (SSSR count). The number of phenols is 1. The lowest BCUT2D eigenvalue weighted by atomic mass is 10.1. The number of amides is 1. The highest BCUT2D eigenvalue weighted by molar-refractivity contribution is 6.09. The van der Waals surface area contributed by atoms with Crippen LogP contribution in [0.1, 0.15) is 5.56 Å². The first-order chi connectivity index (χ1) is 12.3. The number of benzene rings is 2. The molecular formula is C17H12FN3O5. The number of nitriles is 1. The van der Waals surface area contributed by atoms with Crippen LogP contribution in [0.2, 0.25) is 0 Å². The van der Waals surface area contributed by atoms with Crippen LogP contribution in [-0.4, -0.2) is 23.0 Å². The van der Waals surface area contributed by atoms with E-state index in [-0.39, 0.29) is 22.6 Å². The Morgan fingerprint density at radius 1 is 1.38 bits per heavy atom. The monoisotopic (exact) mass is 357 g/mol. The van der Waals surface area contributed by atoms with Crippen LogP contribution in [-0.2, 0) is 4.79 Å². The molecule has 8 nitrogen and oxygen atoms in total. The number of hydrogen-bond acceptors (Lipinski definition) is 6. The van der Waals surface area contributed by atoms with Crippen molar-refractivity contribution in [3.05, 3.63) is 63.5 Å². The lowest BCUT2D eigenvalue weighted by Crippen LogP contribution is -2.13. The van der Waals surface area contributed by atoms with Crippen LogP contribution >= 0.6 is 0 Å². The highest BCUT2D eigenvalue weighted by Gasteiger charge is 2.20. The topological polar surface area (TPSA) is 125 Å². The van der Waals surface area contributed by atoms with E-state index in [1.807, 2.05) is 0 Å². The third kappa shape index (κ3) is 4.12. The molecule has 2 aromatic rings. The number of nitrogens with one attached hydrogen (secondary N) is 1. The fourth-order valence-electron chi connectivity index (χ4n) is 2.04. The molecule has 0 aliphatic heterocycles. The van der Waals surface area contributed by atoms with E-state index in [9.17, 15) is 29.7 Å². The molecule has 0 saturated heterocycles. The SMILES string of the molecule is COc1cc(/C=C(\C#N)C(=O)Nc2ccc(F)cc2)cc([N+](=O)[O-])c1O. The number of nitro groups is 1. The first kappa shape index (κ1) is 18.4. The van der Waals surface area contributed by atoms with Crippen LogP contribution in [0.4, 0.5) is 15.8 Å². The van der Waals surface area contributed by atoms with Gasteiger partial charge in [0.1, 0.15) is 17.5 Å². The Labute approximate surface area is 146 Å². The van der Waals surface area contributed by atoms with Crippen LogP contribution < -0.4 is 10.1 Å². The first-order valence-corrected chi connectivity index (χ1v) is 7.09. The maximum atomic E-state index is 12.9. The predicted molar refractivity (Wildman–Crippen MR) is 89.9 cm³/mol. The van der Waals surface area contributed by atoms with Crippen LogP contribution in [0, 0.1) is 27.3 Å². The van der Waals surface area contributed by atoms with Gasteiger partial charge in [-0.1, -0.05) is 0 Å². The quantitative estimate of drug-likeness (QED) is 0.367. The predicted octanol–water partition coefficient (Wildman–Crippen LogP) is 2.99. The minimum absolute atomic E-state index is 0.108. The van der Waals surface area contributed by atoms with E-state index in [4.69, 9.17) is 4.74 Å². The summed E-state index contributed by atoms with van der Waals surface area (Å²) in [5.74, 6) is -2.11. The molecule has 0 bridgehead atoms. The van der Waals surface area contributed by atoms with E-state index >= 15 is 0 Å². The van der Waals surface area contributed by atoms with Crippen molar-refractivity contribution in [3.63, 3.8) is 0 Å². The summed E-state index contributed by atoms with van der Waals surface area (Å²) < 4.78 is 17.7. The Balaban J connectivity index is 2.37. The summed E-state index contributed by atoms with van der Waals surface area (Å²) in [4.78, 5) is 22.3. The maximum absolute atomic E-state index is 12.9. The number of phenolic OH excluding ortho intramolecular Hbond substituents is 1. The maximum Gasteiger partial charge on any atom is 0.315 e. The van der Waals surface area contributed by atoms with Gasteiger partial charge in [-0.25, -0.2) is 4.39 Å². The Morgan fingerprint density at radius 3 is 2.58 bits per heavy atom.